The van der Waals surface area contributed by atoms with Crippen molar-refractivity contribution in [2.24, 2.45) is 5.73 Å². The molecule has 0 radical (unpaired) electrons. The summed E-state index contributed by atoms with van der Waals surface area (Å²) in [6, 6.07) is 8.56. The number of rotatable bonds is 7. The number of hydrogen-bond acceptors (Lipinski definition) is 6. The number of anilines is 1. The van der Waals surface area contributed by atoms with Crippen LogP contribution in [0.5, 0.6) is 0 Å². The minimum absolute atomic E-state index is 0.189. The van der Waals surface area contributed by atoms with Crippen LogP contribution in [0.1, 0.15) is 51.2 Å². The van der Waals surface area contributed by atoms with E-state index in [1.165, 1.54) is 0 Å². The van der Waals surface area contributed by atoms with Crippen LogP contribution in [-0.4, -0.2) is 53.1 Å². The predicted octanol–water partition coefficient (Wildman–Crippen LogP) is 1.01. The molecule has 1 aromatic heterocycles. The normalized spacial score (nSPS) is 17.8. The maximum absolute atomic E-state index is 13.0. The summed E-state index contributed by atoms with van der Waals surface area (Å²) >= 11 is 0. The molecule has 4 amide bonds. The first-order valence-corrected chi connectivity index (χ1v) is 10.6. The van der Waals surface area contributed by atoms with Crippen LogP contribution >= 0.6 is 0 Å². The lowest BCUT2D eigenvalue weighted by Gasteiger charge is -2.29. The topological polar surface area (TPSA) is 126 Å². The van der Waals surface area contributed by atoms with E-state index >= 15 is 0 Å². The number of benzene rings is 1. The highest BCUT2D eigenvalue weighted by atomic mass is 16.2. The highest BCUT2D eigenvalue weighted by molar-refractivity contribution is 6.06. The van der Waals surface area contributed by atoms with Gasteiger partial charge in [-0.1, -0.05) is 12.1 Å². The smallest absolute Gasteiger partial charge is 0.267 e. The summed E-state index contributed by atoms with van der Waals surface area (Å²) in [5.74, 6) is -1.45. The fourth-order valence-electron chi connectivity index (χ4n) is 4.42. The second-order valence-electron chi connectivity index (χ2n) is 8.10. The van der Waals surface area contributed by atoms with E-state index in [2.05, 4.69) is 15.2 Å². The Morgan fingerprint density at radius 3 is 2.81 bits per heavy atom. The van der Waals surface area contributed by atoms with Crippen LogP contribution in [-0.2, 0) is 22.6 Å². The Morgan fingerprint density at radius 1 is 1.25 bits per heavy atom. The number of carbonyl (C=O) groups excluding carboxylic acids is 4. The fraction of sp³-hybridized carbons (Fsp3) is 0.348. The van der Waals surface area contributed by atoms with Crippen LogP contribution in [0.15, 0.2) is 36.5 Å². The van der Waals surface area contributed by atoms with Crippen LogP contribution in [0.2, 0.25) is 0 Å². The van der Waals surface area contributed by atoms with Gasteiger partial charge in [-0.25, -0.2) is 0 Å². The Morgan fingerprint density at radius 2 is 2.06 bits per heavy atom. The fourth-order valence-corrected chi connectivity index (χ4v) is 4.42. The number of nitrogens with two attached hydrogens (primary N) is 1. The van der Waals surface area contributed by atoms with Gasteiger partial charge in [-0.2, -0.15) is 0 Å². The van der Waals surface area contributed by atoms with Gasteiger partial charge in [0.25, 0.3) is 11.8 Å². The molecule has 0 spiro atoms. The molecule has 2 aliphatic heterocycles. The number of amides is 4. The molecule has 4 rings (SSSR count). The van der Waals surface area contributed by atoms with Gasteiger partial charge in [0.15, 0.2) is 0 Å². The molecule has 9 nitrogen and oxygen atoms in total. The van der Waals surface area contributed by atoms with Gasteiger partial charge in [-0.15, -0.1) is 0 Å². The molecule has 32 heavy (non-hydrogen) atoms. The van der Waals surface area contributed by atoms with Crippen molar-refractivity contribution in [3.63, 3.8) is 0 Å². The first-order chi connectivity index (χ1) is 15.4. The van der Waals surface area contributed by atoms with Crippen LogP contribution < -0.4 is 16.0 Å². The number of aromatic nitrogens is 1. The highest BCUT2D eigenvalue weighted by Crippen LogP contribution is 2.33. The molecule has 0 aliphatic carbocycles. The van der Waals surface area contributed by atoms with Gasteiger partial charge in [-0.3, -0.25) is 29.5 Å². The third-order valence-electron chi connectivity index (χ3n) is 6.03. The Bertz CT molecular complexity index is 1100. The number of primary amides is 1. The van der Waals surface area contributed by atoms with Crippen molar-refractivity contribution < 1.29 is 19.2 Å². The molecule has 166 valence electrons. The van der Waals surface area contributed by atoms with E-state index in [9.17, 15) is 19.2 Å². The third kappa shape index (κ3) is 4.05. The van der Waals surface area contributed by atoms with Gasteiger partial charge >= 0.3 is 0 Å². The predicted molar refractivity (Wildman–Crippen MR) is 117 cm³/mol. The standard InChI is InChI=1S/C23H25N5O4/c1-27(12-4-6-14-5-3-11-25-20(14)21(24)30)17-8-2-7-15-16(17)13-28(23(15)32)18-9-10-19(29)26-22(18)31/h2-3,5,7-8,11,18H,4,6,9-10,12-13H2,1H3,(H2,24,30)(H,26,29,31). The van der Waals surface area contributed by atoms with Gasteiger partial charge in [0.2, 0.25) is 11.8 Å². The van der Waals surface area contributed by atoms with Crippen molar-refractivity contribution in [2.75, 3.05) is 18.5 Å². The molecule has 1 aromatic carbocycles. The number of nitrogens with zero attached hydrogens (tertiary/aromatic N) is 3. The van der Waals surface area contributed by atoms with Crippen LogP contribution in [0, 0.1) is 0 Å². The van der Waals surface area contributed by atoms with Crippen LogP contribution in [0.3, 0.4) is 0 Å². The number of imide groups is 1. The summed E-state index contributed by atoms with van der Waals surface area (Å²) in [5.41, 5.74) is 8.90. The highest BCUT2D eigenvalue weighted by Gasteiger charge is 2.40. The number of fused-ring (bicyclic) bond motifs is 1. The molecule has 0 bridgehead atoms. The molecule has 1 fully saturated rings. The third-order valence-corrected chi connectivity index (χ3v) is 6.03. The Hall–Kier alpha value is -3.75. The average molecular weight is 435 g/mol. The molecule has 1 saturated heterocycles. The van der Waals surface area contributed by atoms with Crippen LogP contribution in [0.25, 0.3) is 0 Å². The summed E-state index contributed by atoms with van der Waals surface area (Å²) in [7, 11) is 1.95. The van der Waals surface area contributed by atoms with Gasteiger partial charge < -0.3 is 15.5 Å². The van der Waals surface area contributed by atoms with E-state index in [1.807, 2.05) is 25.2 Å². The molecular weight excluding hydrogens is 410 g/mol. The summed E-state index contributed by atoms with van der Waals surface area (Å²) < 4.78 is 0. The van der Waals surface area contributed by atoms with E-state index in [0.717, 1.165) is 23.2 Å². The lowest BCUT2D eigenvalue weighted by molar-refractivity contribution is -0.136. The number of pyridine rings is 1. The minimum atomic E-state index is -0.636. The number of nitrogens with one attached hydrogen (secondary N) is 1. The maximum atomic E-state index is 13.0. The lowest BCUT2D eigenvalue weighted by Crippen LogP contribution is -2.52. The minimum Gasteiger partial charge on any atom is -0.374 e. The maximum Gasteiger partial charge on any atom is 0.267 e. The SMILES string of the molecule is CN(CCCc1cccnc1C(N)=O)c1cccc2c1CN(C1CCC(=O)NC1=O)C2=O. The summed E-state index contributed by atoms with van der Waals surface area (Å²) in [6.07, 6.45) is 3.52. The van der Waals surface area contributed by atoms with Crippen molar-refractivity contribution >= 4 is 29.3 Å². The van der Waals surface area contributed by atoms with Gasteiger partial charge in [-0.05, 0) is 43.0 Å². The van der Waals surface area contributed by atoms with E-state index in [4.69, 9.17) is 5.73 Å². The molecular formula is C23H25N5O4. The van der Waals surface area contributed by atoms with Crippen LogP contribution in [0.4, 0.5) is 5.69 Å². The van der Waals surface area contributed by atoms with E-state index in [-0.39, 0.29) is 18.2 Å². The van der Waals surface area contributed by atoms with Crippen molar-refractivity contribution in [1.29, 1.82) is 0 Å². The summed E-state index contributed by atoms with van der Waals surface area (Å²) in [5, 5.41) is 2.33. The molecule has 0 saturated carbocycles. The Balaban J connectivity index is 1.46. The number of piperidine rings is 1. The Labute approximate surface area is 185 Å². The largest absolute Gasteiger partial charge is 0.374 e. The quantitative estimate of drug-likeness (QED) is 0.625. The van der Waals surface area contributed by atoms with Crippen molar-refractivity contribution in [2.45, 2.75) is 38.3 Å². The van der Waals surface area contributed by atoms with Gasteiger partial charge in [0.05, 0.1) is 0 Å². The second-order valence-corrected chi connectivity index (χ2v) is 8.10. The molecule has 9 heteroatoms. The zero-order chi connectivity index (χ0) is 22.8. The zero-order valence-electron chi connectivity index (χ0n) is 17.8. The summed E-state index contributed by atoms with van der Waals surface area (Å²) in [4.78, 5) is 56.0. The summed E-state index contributed by atoms with van der Waals surface area (Å²) in [6.45, 7) is 1.02. The number of carbonyl (C=O) groups is 4. The first-order valence-electron chi connectivity index (χ1n) is 10.6. The molecule has 3 heterocycles. The van der Waals surface area contributed by atoms with Gasteiger partial charge in [0, 0.05) is 49.6 Å². The van der Waals surface area contributed by atoms with E-state index < -0.39 is 17.9 Å². The van der Waals surface area contributed by atoms with Crippen molar-refractivity contribution in [3.05, 3.63) is 58.9 Å². The molecule has 2 aromatic rings. The first kappa shape index (κ1) is 21.5. The van der Waals surface area contributed by atoms with Gasteiger partial charge in [0.1, 0.15) is 11.7 Å². The van der Waals surface area contributed by atoms with Crippen molar-refractivity contribution in [1.82, 2.24) is 15.2 Å². The Kier molecular flexibility index (Phi) is 5.89. The molecule has 2 aliphatic rings. The second kappa shape index (κ2) is 8.78. The number of hydrogen-bond donors (Lipinski definition) is 2. The van der Waals surface area contributed by atoms with E-state index in [1.54, 1.807) is 23.2 Å². The monoisotopic (exact) mass is 435 g/mol. The lowest BCUT2D eigenvalue weighted by atomic mass is 10.0. The molecule has 3 N–H and O–H groups in total. The van der Waals surface area contributed by atoms with Crippen molar-refractivity contribution in [3.8, 4) is 0 Å². The molecule has 1 atom stereocenters. The average Bonchev–Trinajstić information content (AvgIpc) is 3.10. The number of aryl methyl sites for hydroxylation is 1. The van der Waals surface area contributed by atoms with E-state index in [0.29, 0.717) is 37.2 Å². The zero-order valence-corrected chi connectivity index (χ0v) is 17.8. The molecule has 1 unspecified atom stereocenters.